The van der Waals surface area contributed by atoms with Gasteiger partial charge in [0.25, 0.3) is 6.43 Å². The average molecular weight is 232 g/mol. The van der Waals surface area contributed by atoms with E-state index in [0.29, 0.717) is 0 Å². The molecule has 0 fully saturated rings. The minimum absolute atomic E-state index is 0.0903. The number of aromatic nitrogens is 1. The number of pyridine rings is 1. The van der Waals surface area contributed by atoms with E-state index in [-0.39, 0.29) is 18.0 Å². The van der Waals surface area contributed by atoms with Crippen molar-refractivity contribution >= 4 is 5.97 Å². The number of carboxylic acid groups (broad SMARTS) is 1. The fourth-order valence-electron chi connectivity index (χ4n) is 1.30. The number of carbonyl (C=O) groups is 1. The normalized spacial score (nSPS) is 10.6. The Balaban J connectivity index is 3.50. The smallest absolute Gasteiger partial charge is 0.340 e. The summed E-state index contributed by atoms with van der Waals surface area (Å²) in [6, 6.07) is 0. The highest BCUT2D eigenvalue weighted by atomic mass is 19.3. The molecule has 0 aromatic carbocycles. The second kappa shape index (κ2) is 4.84. The molecular weight excluding hydrogens is 222 g/mol. The zero-order valence-corrected chi connectivity index (χ0v) is 8.41. The maximum absolute atomic E-state index is 12.5. The molecule has 0 atom stereocenters. The van der Waals surface area contributed by atoms with Crippen LogP contribution >= 0.6 is 0 Å². The molecule has 7 heteroatoms. The van der Waals surface area contributed by atoms with Crippen molar-refractivity contribution in [1.29, 1.82) is 0 Å². The number of nitrogens with two attached hydrogens (primary N) is 1. The molecule has 0 spiro atoms. The van der Waals surface area contributed by atoms with Crippen molar-refractivity contribution in [3.05, 3.63) is 23.0 Å². The number of carboxylic acids is 1. The number of aromatic carboxylic acids is 1. The van der Waals surface area contributed by atoms with Crippen molar-refractivity contribution in [2.75, 3.05) is 7.11 Å². The summed E-state index contributed by atoms with van der Waals surface area (Å²) in [5, 5.41) is 8.86. The van der Waals surface area contributed by atoms with E-state index in [1.165, 1.54) is 7.11 Å². The number of alkyl halides is 2. The molecule has 0 amide bonds. The van der Waals surface area contributed by atoms with Gasteiger partial charge in [0.2, 0.25) is 0 Å². The number of rotatable bonds is 4. The quantitative estimate of drug-likeness (QED) is 0.814. The van der Waals surface area contributed by atoms with E-state index in [2.05, 4.69) is 4.98 Å². The van der Waals surface area contributed by atoms with Gasteiger partial charge in [-0.15, -0.1) is 0 Å². The summed E-state index contributed by atoms with van der Waals surface area (Å²) in [4.78, 5) is 14.5. The highest BCUT2D eigenvalue weighted by molar-refractivity contribution is 5.93. The maximum Gasteiger partial charge on any atom is 0.340 e. The first kappa shape index (κ1) is 12.3. The lowest BCUT2D eigenvalue weighted by Crippen LogP contribution is -2.12. The van der Waals surface area contributed by atoms with Crippen LogP contribution in [0.3, 0.4) is 0 Å². The molecule has 16 heavy (non-hydrogen) atoms. The van der Waals surface area contributed by atoms with Crippen LogP contribution in [0.4, 0.5) is 8.78 Å². The van der Waals surface area contributed by atoms with Crippen LogP contribution in [0.2, 0.25) is 0 Å². The summed E-state index contributed by atoms with van der Waals surface area (Å²) >= 11 is 0. The molecule has 0 saturated heterocycles. The molecule has 0 unspecified atom stereocenters. The average Bonchev–Trinajstić information content (AvgIpc) is 2.26. The van der Waals surface area contributed by atoms with Crippen LogP contribution in [0.1, 0.15) is 28.0 Å². The van der Waals surface area contributed by atoms with E-state index in [1.54, 1.807) is 0 Å². The second-order valence-electron chi connectivity index (χ2n) is 2.88. The molecule has 0 saturated carbocycles. The van der Waals surface area contributed by atoms with Crippen LogP contribution in [0, 0.1) is 0 Å². The largest absolute Gasteiger partial charge is 0.494 e. The number of hydrogen-bond donors (Lipinski definition) is 2. The Morgan fingerprint density at radius 3 is 2.69 bits per heavy atom. The molecule has 1 rings (SSSR count). The van der Waals surface area contributed by atoms with Crippen molar-refractivity contribution in [3.8, 4) is 5.75 Å². The van der Waals surface area contributed by atoms with E-state index in [9.17, 15) is 13.6 Å². The van der Waals surface area contributed by atoms with Crippen molar-refractivity contribution in [2.24, 2.45) is 5.73 Å². The highest BCUT2D eigenvalue weighted by Gasteiger charge is 2.25. The third-order valence-corrected chi connectivity index (χ3v) is 1.98. The number of methoxy groups -OCH3 is 1. The molecule has 1 heterocycles. The number of nitrogens with zero attached hydrogens (tertiary/aromatic N) is 1. The van der Waals surface area contributed by atoms with E-state index >= 15 is 0 Å². The molecule has 0 bridgehead atoms. The first-order valence-electron chi connectivity index (χ1n) is 4.30. The van der Waals surface area contributed by atoms with Gasteiger partial charge in [-0.1, -0.05) is 0 Å². The van der Waals surface area contributed by atoms with Gasteiger partial charge in [0, 0.05) is 12.7 Å². The standard InChI is InChI=1S/C9H10F2N2O3/c1-16-7-5(2-12)13-3-4(8(10)11)6(7)9(14)15/h3,8H,2,12H2,1H3,(H,14,15). The van der Waals surface area contributed by atoms with Gasteiger partial charge in [0.05, 0.1) is 18.4 Å². The Morgan fingerprint density at radius 1 is 1.69 bits per heavy atom. The van der Waals surface area contributed by atoms with Crippen molar-refractivity contribution < 1.29 is 23.4 Å². The topological polar surface area (TPSA) is 85.4 Å². The predicted molar refractivity (Wildman–Crippen MR) is 50.6 cm³/mol. The Kier molecular flexibility index (Phi) is 3.73. The molecule has 3 N–H and O–H groups in total. The Labute approximate surface area is 89.9 Å². The van der Waals surface area contributed by atoms with Gasteiger partial charge in [0.15, 0.2) is 5.75 Å². The SMILES string of the molecule is COc1c(CN)ncc(C(F)F)c1C(=O)O. The summed E-state index contributed by atoms with van der Waals surface area (Å²) in [6.45, 7) is -0.0903. The van der Waals surface area contributed by atoms with Gasteiger partial charge in [-0.2, -0.15) is 0 Å². The monoisotopic (exact) mass is 232 g/mol. The third kappa shape index (κ3) is 2.08. The molecule has 1 aromatic rings. The molecule has 88 valence electrons. The predicted octanol–water partition coefficient (Wildman–Crippen LogP) is 1.18. The van der Waals surface area contributed by atoms with E-state index in [0.717, 1.165) is 6.20 Å². The summed E-state index contributed by atoms with van der Waals surface area (Å²) < 4.78 is 29.9. The number of halogens is 2. The minimum Gasteiger partial charge on any atom is -0.494 e. The van der Waals surface area contributed by atoms with E-state index in [1.807, 2.05) is 0 Å². The lowest BCUT2D eigenvalue weighted by atomic mass is 10.1. The Morgan fingerprint density at radius 2 is 2.31 bits per heavy atom. The Hall–Kier alpha value is -1.76. The zero-order valence-electron chi connectivity index (χ0n) is 8.41. The van der Waals surface area contributed by atoms with Crippen LogP contribution in [0.5, 0.6) is 5.75 Å². The minimum atomic E-state index is -2.93. The molecule has 0 aliphatic carbocycles. The first-order valence-corrected chi connectivity index (χ1v) is 4.30. The van der Waals surface area contributed by atoms with Gasteiger partial charge in [-0.3, -0.25) is 4.98 Å². The first-order chi connectivity index (χ1) is 7.52. The van der Waals surface area contributed by atoms with Crippen molar-refractivity contribution in [3.63, 3.8) is 0 Å². The molecule has 0 aliphatic rings. The van der Waals surface area contributed by atoms with Crippen molar-refractivity contribution in [1.82, 2.24) is 4.98 Å². The molecule has 5 nitrogen and oxygen atoms in total. The Bertz CT molecular complexity index is 410. The summed E-state index contributed by atoms with van der Waals surface area (Å²) in [7, 11) is 1.18. The maximum atomic E-state index is 12.5. The van der Waals surface area contributed by atoms with Crippen LogP contribution in [0.25, 0.3) is 0 Å². The van der Waals surface area contributed by atoms with Gasteiger partial charge in [0.1, 0.15) is 5.56 Å². The summed E-state index contributed by atoms with van der Waals surface area (Å²) in [5.74, 6) is -1.71. The number of ether oxygens (including phenoxy) is 1. The second-order valence-corrected chi connectivity index (χ2v) is 2.88. The highest BCUT2D eigenvalue weighted by Crippen LogP contribution is 2.31. The fourth-order valence-corrected chi connectivity index (χ4v) is 1.30. The van der Waals surface area contributed by atoms with Gasteiger partial charge >= 0.3 is 5.97 Å². The third-order valence-electron chi connectivity index (χ3n) is 1.98. The van der Waals surface area contributed by atoms with E-state index in [4.69, 9.17) is 15.6 Å². The molecular formula is C9H10F2N2O3. The zero-order chi connectivity index (χ0) is 12.3. The van der Waals surface area contributed by atoms with Crippen LogP contribution in [-0.4, -0.2) is 23.2 Å². The van der Waals surface area contributed by atoms with Gasteiger partial charge in [-0.05, 0) is 0 Å². The summed E-state index contributed by atoms with van der Waals surface area (Å²) in [5.41, 5.74) is 4.16. The van der Waals surface area contributed by atoms with Crippen LogP contribution in [0.15, 0.2) is 6.20 Å². The lowest BCUT2D eigenvalue weighted by Gasteiger charge is -2.12. The fraction of sp³-hybridized carbons (Fsp3) is 0.333. The van der Waals surface area contributed by atoms with Gasteiger partial charge in [-0.25, -0.2) is 13.6 Å². The summed E-state index contributed by atoms with van der Waals surface area (Å²) in [6.07, 6.45) is -2.13. The van der Waals surface area contributed by atoms with Crippen molar-refractivity contribution in [2.45, 2.75) is 13.0 Å². The number of hydrogen-bond acceptors (Lipinski definition) is 4. The molecule has 0 radical (unpaired) electrons. The van der Waals surface area contributed by atoms with Gasteiger partial charge < -0.3 is 15.6 Å². The lowest BCUT2D eigenvalue weighted by molar-refractivity contribution is 0.0679. The molecule has 0 aliphatic heterocycles. The van der Waals surface area contributed by atoms with E-state index < -0.39 is 23.5 Å². The molecule has 1 aromatic heterocycles. The van der Waals surface area contributed by atoms with Crippen LogP contribution < -0.4 is 10.5 Å². The van der Waals surface area contributed by atoms with Crippen LogP contribution in [-0.2, 0) is 6.54 Å².